The average molecular weight is 365 g/mol. The van der Waals surface area contributed by atoms with Crippen molar-refractivity contribution < 1.29 is 9.53 Å². The van der Waals surface area contributed by atoms with E-state index >= 15 is 0 Å². The molecule has 1 aromatic carbocycles. The Bertz CT molecular complexity index is 570. The van der Waals surface area contributed by atoms with E-state index in [0.29, 0.717) is 43.5 Å². The number of nitrogens with zero attached hydrogens (tertiary/aromatic N) is 1. The number of morpholine rings is 1. The highest BCUT2D eigenvalue weighted by molar-refractivity contribution is 5.85. The Labute approximate surface area is 156 Å². The van der Waals surface area contributed by atoms with E-state index in [9.17, 15) is 4.79 Å². The summed E-state index contributed by atoms with van der Waals surface area (Å²) in [5.41, 5.74) is 1.17. The molecule has 4 nitrogen and oxygen atoms in total. The highest BCUT2D eigenvalue weighted by atomic mass is 35.5. The molecule has 3 aliphatic rings. The summed E-state index contributed by atoms with van der Waals surface area (Å²) >= 11 is 0. The summed E-state index contributed by atoms with van der Waals surface area (Å²) in [4.78, 5) is 15.0. The molecule has 25 heavy (non-hydrogen) atoms. The molecule has 0 radical (unpaired) electrons. The van der Waals surface area contributed by atoms with Gasteiger partial charge in [0.1, 0.15) is 6.10 Å². The molecule has 4 unspecified atom stereocenters. The average Bonchev–Trinajstić information content (AvgIpc) is 2.94. The predicted molar refractivity (Wildman–Crippen MR) is 101 cm³/mol. The summed E-state index contributed by atoms with van der Waals surface area (Å²) in [5, 5.41) is 3.67. The summed E-state index contributed by atoms with van der Waals surface area (Å²) < 4.78 is 5.99. The van der Waals surface area contributed by atoms with Crippen molar-refractivity contribution >= 4 is 18.3 Å². The van der Waals surface area contributed by atoms with E-state index in [-0.39, 0.29) is 24.6 Å². The molecular weight excluding hydrogens is 336 g/mol. The van der Waals surface area contributed by atoms with Crippen molar-refractivity contribution in [3.63, 3.8) is 0 Å². The zero-order valence-corrected chi connectivity index (χ0v) is 15.7. The fourth-order valence-corrected chi connectivity index (χ4v) is 4.68. The van der Waals surface area contributed by atoms with Gasteiger partial charge in [-0.3, -0.25) is 4.79 Å². The van der Waals surface area contributed by atoms with Crippen LogP contribution in [0.4, 0.5) is 0 Å². The number of benzene rings is 1. The lowest BCUT2D eigenvalue weighted by molar-refractivity contribution is -0.145. The van der Waals surface area contributed by atoms with Crippen LogP contribution in [0.1, 0.15) is 50.7 Å². The Morgan fingerprint density at radius 2 is 1.88 bits per heavy atom. The molecule has 1 N–H and O–H groups in total. The minimum atomic E-state index is 0. The number of piperidine rings is 1. The topological polar surface area (TPSA) is 41.6 Å². The number of hydrogen-bond acceptors (Lipinski definition) is 3. The van der Waals surface area contributed by atoms with Crippen LogP contribution in [0.2, 0.25) is 0 Å². The summed E-state index contributed by atoms with van der Waals surface area (Å²) in [5.74, 6) is 0.875. The minimum absolute atomic E-state index is 0. The number of nitrogens with one attached hydrogen (secondary N) is 1. The van der Waals surface area contributed by atoms with E-state index in [1.807, 2.05) is 18.2 Å². The molecule has 4 rings (SSSR count). The second-order valence-corrected chi connectivity index (χ2v) is 7.81. The molecule has 5 heteroatoms. The van der Waals surface area contributed by atoms with Crippen molar-refractivity contribution in [2.45, 2.75) is 63.3 Å². The lowest BCUT2D eigenvalue weighted by Gasteiger charge is -2.39. The van der Waals surface area contributed by atoms with Gasteiger partial charge in [0.2, 0.25) is 5.91 Å². The molecule has 3 aliphatic heterocycles. The lowest BCUT2D eigenvalue weighted by atomic mass is 9.89. The molecule has 0 aliphatic carbocycles. The van der Waals surface area contributed by atoms with Crippen LogP contribution < -0.4 is 5.32 Å². The van der Waals surface area contributed by atoms with Crippen molar-refractivity contribution in [1.29, 1.82) is 0 Å². The van der Waals surface area contributed by atoms with E-state index in [2.05, 4.69) is 29.3 Å². The van der Waals surface area contributed by atoms with Crippen molar-refractivity contribution in [2.24, 2.45) is 5.92 Å². The van der Waals surface area contributed by atoms with E-state index in [1.165, 1.54) is 31.2 Å². The fraction of sp³-hybridized carbons (Fsp3) is 0.650. The maximum atomic E-state index is 12.9. The molecule has 0 spiro atoms. The van der Waals surface area contributed by atoms with Crippen LogP contribution in [0, 0.1) is 5.92 Å². The standard InChI is InChI=1S/C20H28N2O2.ClH/c1-14-13-24-19(16-5-3-2-4-6-16)12-22(14)20(23)11-15-9-17-7-8-18(10-15)21-17;/h2-6,14-15,17-19,21H,7-13H2,1H3;1H. The molecule has 2 bridgehead atoms. The number of fused-ring (bicyclic) bond motifs is 2. The smallest absolute Gasteiger partial charge is 0.223 e. The number of ether oxygens (including phenoxy) is 1. The van der Waals surface area contributed by atoms with Gasteiger partial charge in [-0.2, -0.15) is 0 Å². The van der Waals surface area contributed by atoms with Crippen molar-refractivity contribution in [2.75, 3.05) is 13.2 Å². The highest BCUT2D eigenvalue weighted by Crippen LogP contribution is 2.34. The van der Waals surface area contributed by atoms with Gasteiger partial charge in [-0.15, -0.1) is 12.4 Å². The van der Waals surface area contributed by atoms with Crippen LogP contribution in [0.3, 0.4) is 0 Å². The van der Waals surface area contributed by atoms with E-state index in [1.54, 1.807) is 0 Å². The molecular formula is C20H29ClN2O2. The van der Waals surface area contributed by atoms with Crippen LogP contribution in [0.5, 0.6) is 0 Å². The lowest BCUT2D eigenvalue weighted by Crippen LogP contribution is -2.49. The molecule has 1 aromatic rings. The van der Waals surface area contributed by atoms with Gasteiger partial charge in [-0.25, -0.2) is 0 Å². The van der Waals surface area contributed by atoms with Gasteiger partial charge in [0.05, 0.1) is 19.2 Å². The molecule has 3 heterocycles. The Morgan fingerprint density at radius 1 is 1.20 bits per heavy atom. The second kappa shape index (κ2) is 8.07. The number of hydrogen-bond donors (Lipinski definition) is 1. The van der Waals surface area contributed by atoms with Crippen molar-refractivity contribution in [3.05, 3.63) is 35.9 Å². The molecule has 3 fully saturated rings. The first-order chi connectivity index (χ1) is 11.7. The number of amides is 1. The van der Waals surface area contributed by atoms with Crippen molar-refractivity contribution in [3.8, 4) is 0 Å². The molecule has 1 amide bonds. The van der Waals surface area contributed by atoms with Crippen molar-refractivity contribution in [1.82, 2.24) is 10.2 Å². The summed E-state index contributed by atoms with van der Waals surface area (Å²) in [6.07, 6.45) is 5.64. The molecule has 4 atom stereocenters. The summed E-state index contributed by atoms with van der Waals surface area (Å²) in [6.45, 7) is 3.41. The molecule has 3 saturated heterocycles. The van der Waals surface area contributed by atoms with Gasteiger partial charge in [0.15, 0.2) is 0 Å². The monoisotopic (exact) mass is 364 g/mol. The third-order valence-corrected chi connectivity index (χ3v) is 5.96. The summed E-state index contributed by atoms with van der Waals surface area (Å²) in [6, 6.07) is 11.8. The van der Waals surface area contributed by atoms with Crippen LogP contribution in [-0.2, 0) is 9.53 Å². The van der Waals surface area contributed by atoms with E-state index < -0.39 is 0 Å². The predicted octanol–water partition coefficient (Wildman–Crippen LogP) is 3.32. The van der Waals surface area contributed by atoms with Gasteiger partial charge < -0.3 is 15.0 Å². The Hall–Kier alpha value is -1.10. The normalized spacial score (nSPS) is 34.4. The summed E-state index contributed by atoms with van der Waals surface area (Å²) in [7, 11) is 0. The number of carbonyl (C=O) groups excluding carboxylic acids is 1. The quantitative estimate of drug-likeness (QED) is 0.894. The van der Waals surface area contributed by atoms with Gasteiger partial charge >= 0.3 is 0 Å². The zero-order valence-electron chi connectivity index (χ0n) is 14.9. The Kier molecular flexibility index (Phi) is 6.03. The van der Waals surface area contributed by atoms with Crippen LogP contribution in [0.25, 0.3) is 0 Å². The maximum absolute atomic E-state index is 12.9. The molecule has 0 saturated carbocycles. The van der Waals surface area contributed by atoms with Crippen LogP contribution >= 0.6 is 12.4 Å². The second-order valence-electron chi connectivity index (χ2n) is 7.81. The Morgan fingerprint density at radius 3 is 2.56 bits per heavy atom. The number of rotatable bonds is 3. The zero-order chi connectivity index (χ0) is 16.5. The number of halogens is 1. The highest BCUT2D eigenvalue weighted by Gasteiger charge is 2.36. The number of carbonyl (C=O) groups is 1. The van der Waals surface area contributed by atoms with E-state index in [4.69, 9.17) is 4.74 Å². The van der Waals surface area contributed by atoms with Crippen LogP contribution in [-0.4, -0.2) is 42.1 Å². The van der Waals surface area contributed by atoms with E-state index in [0.717, 1.165) is 0 Å². The van der Waals surface area contributed by atoms with Gasteiger partial charge in [0, 0.05) is 18.5 Å². The Balaban J connectivity index is 0.00000182. The van der Waals surface area contributed by atoms with Gasteiger partial charge in [-0.1, -0.05) is 30.3 Å². The minimum Gasteiger partial charge on any atom is -0.370 e. The molecule has 0 aromatic heterocycles. The molecule has 138 valence electrons. The SMILES string of the molecule is CC1COC(c2ccccc2)CN1C(=O)CC1CC2CCC(C1)N2.Cl. The first kappa shape index (κ1) is 18.7. The van der Waals surface area contributed by atoms with Crippen LogP contribution in [0.15, 0.2) is 30.3 Å². The third kappa shape index (κ3) is 4.18. The maximum Gasteiger partial charge on any atom is 0.223 e. The first-order valence-electron chi connectivity index (χ1n) is 9.41. The first-order valence-corrected chi connectivity index (χ1v) is 9.41. The largest absolute Gasteiger partial charge is 0.370 e. The van der Waals surface area contributed by atoms with Gasteiger partial charge in [0.25, 0.3) is 0 Å². The fourth-order valence-electron chi connectivity index (χ4n) is 4.68. The third-order valence-electron chi connectivity index (χ3n) is 5.96. The van der Waals surface area contributed by atoms with Gasteiger partial charge in [-0.05, 0) is 44.1 Å².